The molecular formula is C20H31ClN6O2. The van der Waals surface area contributed by atoms with Crippen molar-refractivity contribution in [3.05, 3.63) is 29.2 Å². The lowest BCUT2D eigenvalue weighted by atomic mass is 9.92. The number of aryl methyl sites for hydroxylation is 1. The number of halogens is 1. The van der Waals surface area contributed by atoms with Gasteiger partial charge in [-0.3, -0.25) is 4.79 Å². The van der Waals surface area contributed by atoms with Crippen molar-refractivity contribution in [3.63, 3.8) is 0 Å². The number of nitrogens with two attached hydrogens (primary N) is 1. The van der Waals surface area contributed by atoms with Gasteiger partial charge in [0.25, 0.3) is 5.91 Å². The summed E-state index contributed by atoms with van der Waals surface area (Å²) in [4.78, 5) is 19.3. The topological polar surface area (TPSA) is 103 Å². The van der Waals surface area contributed by atoms with Crippen LogP contribution >= 0.6 is 12.4 Å². The van der Waals surface area contributed by atoms with Crippen LogP contribution in [-0.4, -0.2) is 43.4 Å². The van der Waals surface area contributed by atoms with Crippen LogP contribution in [0, 0.1) is 5.92 Å². The van der Waals surface area contributed by atoms with Gasteiger partial charge in [-0.15, -0.1) is 17.5 Å². The van der Waals surface area contributed by atoms with Gasteiger partial charge in [0.1, 0.15) is 11.5 Å². The van der Waals surface area contributed by atoms with E-state index in [0.717, 1.165) is 55.9 Å². The summed E-state index contributed by atoms with van der Waals surface area (Å²) in [7, 11) is 0. The number of fused-ring (bicyclic) bond motifs is 1. The molecule has 1 aliphatic heterocycles. The van der Waals surface area contributed by atoms with Crippen molar-refractivity contribution in [2.75, 3.05) is 6.54 Å². The van der Waals surface area contributed by atoms with Crippen LogP contribution in [0.2, 0.25) is 0 Å². The summed E-state index contributed by atoms with van der Waals surface area (Å²) in [6, 6.07) is 0.581. The molecule has 1 saturated carbocycles. The number of aromatic nitrogens is 4. The number of oxazole rings is 1. The van der Waals surface area contributed by atoms with Crippen molar-refractivity contribution < 1.29 is 9.21 Å². The molecule has 2 aromatic heterocycles. The van der Waals surface area contributed by atoms with Crippen molar-refractivity contribution in [2.45, 2.75) is 77.4 Å². The maximum atomic E-state index is 12.9. The maximum absolute atomic E-state index is 12.9. The van der Waals surface area contributed by atoms with Crippen LogP contribution in [-0.2, 0) is 19.4 Å². The lowest BCUT2D eigenvalue weighted by Crippen LogP contribution is -2.36. The van der Waals surface area contributed by atoms with Crippen LogP contribution in [0.3, 0.4) is 0 Å². The zero-order valence-corrected chi connectivity index (χ0v) is 18.0. The first-order valence-electron chi connectivity index (χ1n) is 10.4. The Labute approximate surface area is 177 Å². The number of carbonyl (C=O) groups excluding carboxylic acids is 1. The fourth-order valence-electron chi connectivity index (χ4n) is 4.03. The van der Waals surface area contributed by atoms with E-state index in [1.807, 2.05) is 4.68 Å². The molecule has 8 nitrogen and oxygen atoms in total. The van der Waals surface area contributed by atoms with E-state index < -0.39 is 0 Å². The van der Waals surface area contributed by atoms with Gasteiger partial charge in [0.2, 0.25) is 0 Å². The largest absolute Gasteiger partial charge is 0.445 e. The molecule has 0 radical (unpaired) electrons. The van der Waals surface area contributed by atoms with Crippen LogP contribution in [0.1, 0.15) is 79.8 Å². The average Bonchev–Trinajstić information content (AvgIpc) is 3.32. The molecule has 0 unspecified atom stereocenters. The zero-order valence-electron chi connectivity index (χ0n) is 17.2. The maximum Gasteiger partial charge on any atom is 0.276 e. The molecule has 0 aromatic carbocycles. The molecule has 3 heterocycles. The zero-order chi connectivity index (χ0) is 19.7. The molecule has 0 spiro atoms. The fraction of sp³-hybridized carbons (Fsp3) is 0.700. The number of carbonyl (C=O) groups is 1. The first-order valence-corrected chi connectivity index (χ1v) is 10.4. The molecule has 0 saturated heterocycles. The van der Waals surface area contributed by atoms with E-state index in [0.29, 0.717) is 37.2 Å². The van der Waals surface area contributed by atoms with Gasteiger partial charge in [0.15, 0.2) is 11.6 Å². The van der Waals surface area contributed by atoms with Crippen LogP contribution in [0.4, 0.5) is 0 Å². The Kier molecular flexibility index (Phi) is 6.95. The highest BCUT2D eigenvalue weighted by atomic mass is 35.5. The van der Waals surface area contributed by atoms with Gasteiger partial charge in [0.05, 0.1) is 18.8 Å². The molecule has 2 aromatic rings. The van der Waals surface area contributed by atoms with Gasteiger partial charge in [-0.1, -0.05) is 19.1 Å². The Morgan fingerprint density at radius 1 is 1.31 bits per heavy atom. The lowest BCUT2D eigenvalue weighted by Gasteiger charge is -2.26. The van der Waals surface area contributed by atoms with Crippen LogP contribution in [0.5, 0.6) is 0 Å². The predicted molar refractivity (Wildman–Crippen MR) is 111 cm³/mol. The standard InChI is InChI=1S/C20H30N6O2.ClH/c1-13(2)3-8-19-22-16-11-25(10-9-18(16)28-19)20(27)17-12-26(24-23-17)15-6-4-14(21)5-7-15;/h12-15H,3-11,21H2,1-2H3;1H. The van der Waals surface area contributed by atoms with Gasteiger partial charge >= 0.3 is 0 Å². The fourth-order valence-corrected chi connectivity index (χ4v) is 4.03. The Bertz CT molecular complexity index is 825. The van der Waals surface area contributed by atoms with Crippen LogP contribution in [0.15, 0.2) is 10.6 Å². The first-order chi connectivity index (χ1) is 13.5. The van der Waals surface area contributed by atoms with Gasteiger partial charge < -0.3 is 15.1 Å². The quantitative estimate of drug-likeness (QED) is 0.794. The van der Waals surface area contributed by atoms with Crippen LogP contribution < -0.4 is 5.73 Å². The van der Waals surface area contributed by atoms with Gasteiger partial charge in [-0.05, 0) is 38.0 Å². The highest BCUT2D eigenvalue weighted by Gasteiger charge is 2.28. The van der Waals surface area contributed by atoms with Crippen molar-refractivity contribution in [1.82, 2.24) is 24.9 Å². The predicted octanol–water partition coefficient (Wildman–Crippen LogP) is 2.92. The molecule has 0 bridgehead atoms. The molecule has 0 atom stereocenters. The Morgan fingerprint density at radius 2 is 2.07 bits per heavy atom. The molecule has 1 aliphatic carbocycles. The third-order valence-corrected chi connectivity index (χ3v) is 5.84. The Hall–Kier alpha value is -1.93. The summed E-state index contributed by atoms with van der Waals surface area (Å²) in [5, 5.41) is 8.36. The third-order valence-electron chi connectivity index (χ3n) is 5.84. The minimum Gasteiger partial charge on any atom is -0.445 e. The molecule has 2 aliphatic rings. The minimum absolute atomic E-state index is 0. The van der Waals surface area contributed by atoms with E-state index in [4.69, 9.17) is 10.2 Å². The molecule has 29 heavy (non-hydrogen) atoms. The van der Waals surface area contributed by atoms with E-state index in [9.17, 15) is 4.79 Å². The highest BCUT2D eigenvalue weighted by Crippen LogP contribution is 2.27. The SMILES string of the molecule is CC(C)CCc1nc2c(o1)CCN(C(=O)c1cn(C3CCC(N)CC3)nn1)C2.Cl. The summed E-state index contributed by atoms with van der Waals surface area (Å²) in [6.45, 7) is 5.48. The summed E-state index contributed by atoms with van der Waals surface area (Å²) < 4.78 is 7.73. The molecule has 2 N–H and O–H groups in total. The molecule has 1 amide bonds. The van der Waals surface area contributed by atoms with Crippen molar-refractivity contribution >= 4 is 18.3 Å². The minimum atomic E-state index is -0.0869. The first kappa shape index (κ1) is 21.8. The molecule has 160 valence electrons. The average molecular weight is 423 g/mol. The van der Waals surface area contributed by atoms with Crippen molar-refractivity contribution in [3.8, 4) is 0 Å². The van der Waals surface area contributed by atoms with E-state index in [2.05, 4.69) is 29.1 Å². The van der Waals surface area contributed by atoms with Gasteiger partial charge in [-0.25, -0.2) is 9.67 Å². The number of hydrogen-bond acceptors (Lipinski definition) is 6. The van der Waals surface area contributed by atoms with E-state index in [-0.39, 0.29) is 24.4 Å². The Morgan fingerprint density at radius 3 is 2.79 bits per heavy atom. The molecular weight excluding hydrogens is 392 g/mol. The molecule has 1 fully saturated rings. The summed E-state index contributed by atoms with van der Waals surface area (Å²) in [5.74, 6) is 2.24. The number of nitrogens with zero attached hydrogens (tertiary/aromatic N) is 5. The summed E-state index contributed by atoms with van der Waals surface area (Å²) >= 11 is 0. The second kappa shape index (κ2) is 9.26. The van der Waals surface area contributed by atoms with E-state index >= 15 is 0 Å². The van der Waals surface area contributed by atoms with Gasteiger partial charge in [0, 0.05) is 25.4 Å². The number of rotatable bonds is 5. The second-order valence-corrected chi connectivity index (χ2v) is 8.54. The lowest BCUT2D eigenvalue weighted by molar-refractivity contribution is 0.0721. The van der Waals surface area contributed by atoms with Crippen LogP contribution in [0.25, 0.3) is 0 Å². The Balaban J connectivity index is 0.00000240. The van der Waals surface area contributed by atoms with E-state index in [1.165, 1.54) is 0 Å². The van der Waals surface area contributed by atoms with E-state index in [1.54, 1.807) is 11.1 Å². The van der Waals surface area contributed by atoms with Crippen molar-refractivity contribution in [2.24, 2.45) is 11.7 Å². The molecule has 9 heteroatoms. The molecule has 4 rings (SSSR count). The second-order valence-electron chi connectivity index (χ2n) is 8.54. The summed E-state index contributed by atoms with van der Waals surface area (Å²) in [6.07, 6.45) is 8.35. The highest BCUT2D eigenvalue weighted by molar-refractivity contribution is 5.92. The normalized spacial score (nSPS) is 21.7. The third kappa shape index (κ3) is 4.98. The number of amides is 1. The number of hydrogen-bond donors (Lipinski definition) is 1. The monoisotopic (exact) mass is 422 g/mol. The van der Waals surface area contributed by atoms with Gasteiger partial charge in [-0.2, -0.15) is 0 Å². The smallest absolute Gasteiger partial charge is 0.276 e. The van der Waals surface area contributed by atoms with Crippen molar-refractivity contribution in [1.29, 1.82) is 0 Å². The summed E-state index contributed by atoms with van der Waals surface area (Å²) in [5.41, 5.74) is 7.27.